The zero-order chi connectivity index (χ0) is 14.8. The maximum absolute atomic E-state index is 13.5. The summed E-state index contributed by atoms with van der Waals surface area (Å²) in [7, 11) is 3.19. The van der Waals surface area contributed by atoms with Crippen LogP contribution in [-0.4, -0.2) is 33.9 Å². The highest BCUT2D eigenvalue weighted by Gasteiger charge is 2.06. The Morgan fingerprint density at radius 1 is 1.20 bits per heavy atom. The molecular formula is C16H26FNO2. The van der Waals surface area contributed by atoms with E-state index in [4.69, 9.17) is 9.47 Å². The zero-order valence-electron chi connectivity index (χ0n) is 12.7. The van der Waals surface area contributed by atoms with Crippen molar-refractivity contribution in [2.24, 2.45) is 5.92 Å². The molecule has 0 saturated carbocycles. The number of nitrogens with one attached hydrogen (secondary N) is 1. The molecule has 114 valence electrons. The highest BCUT2D eigenvalue weighted by molar-refractivity contribution is 5.29. The second kappa shape index (κ2) is 9.72. The number of halogens is 1. The van der Waals surface area contributed by atoms with Crippen molar-refractivity contribution in [3.63, 3.8) is 0 Å². The van der Waals surface area contributed by atoms with Crippen LogP contribution in [0.5, 0.6) is 5.75 Å². The van der Waals surface area contributed by atoms with Gasteiger partial charge in [-0.2, -0.15) is 0 Å². The largest absolute Gasteiger partial charge is 0.494 e. The van der Waals surface area contributed by atoms with Crippen molar-refractivity contribution >= 4 is 0 Å². The van der Waals surface area contributed by atoms with E-state index in [-0.39, 0.29) is 5.82 Å². The Labute approximate surface area is 121 Å². The van der Waals surface area contributed by atoms with E-state index in [1.165, 1.54) is 7.11 Å². The van der Waals surface area contributed by atoms with Crippen LogP contribution in [-0.2, 0) is 11.2 Å². The Balaban J connectivity index is 2.23. The quantitative estimate of drug-likeness (QED) is 0.670. The third-order valence-electron chi connectivity index (χ3n) is 3.44. The van der Waals surface area contributed by atoms with Crippen LogP contribution in [0.3, 0.4) is 0 Å². The predicted molar refractivity (Wildman–Crippen MR) is 79.8 cm³/mol. The van der Waals surface area contributed by atoms with Gasteiger partial charge in [0.05, 0.1) is 13.7 Å². The van der Waals surface area contributed by atoms with Gasteiger partial charge in [0.2, 0.25) is 0 Å². The summed E-state index contributed by atoms with van der Waals surface area (Å²) in [5.74, 6) is 0.651. The van der Waals surface area contributed by atoms with E-state index in [0.29, 0.717) is 11.7 Å². The number of rotatable bonds is 10. The van der Waals surface area contributed by atoms with Crippen LogP contribution in [0, 0.1) is 11.7 Å². The fourth-order valence-corrected chi connectivity index (χ4v) is 2.07. The second-order valence-corrected chi connectivity index (χ2v) is 5.14. The van der Waals surface area contributed by atoms with Crippen molar-refractivity contribution in [1.82, 2.24) is 5.32 Å². The first-order chi connectivity index (χ1) is 9.67. The molecule has 0 amide bonds. The van der Waals surface area contributed by atoms with Crippen molar-refractivity contribution in [3.8, 4) is 5.75 Å². The highest BCUT2D eigenvalue weighted by Crippen LogP contribution is 2.20. The Hall–Kier alpha value is -1.13. The number of hydrogen-bond acceptors (Lipinski definition) is 3. The summed E-state index contributed by atoms with van der Waals surface area (Å²) in [6.45, 7) is 4.88. The van der Waals surface area contributed by atoms with Gasteiger partial charge in [-0.05, 0) is 49.4 Å². The van der Waals surface area contributed by atoms with E-state index in [1.54, 1.807) is 19.2 Å². The normalized spacial score (nSPS) is 12.4. The summed E-state index contributed by atoms with van der Waals surface area (Å²) in [6, 6.07) is 5.20. The fourth-order valence-electron chi connectivity index (χ4n) is 2.07. The van der Waals surface area contributed by atoms with Gasteiger partial charge in [-0.15, -0.1) is 0 Å². The van der Waals surface area contributed by atoms with E-state index >= 15 is 0 Å². The molecule has 4 heteroatoms. The molecular weight excluding hydrogens is 257 g/mol. The Bertz CT molecular complexity index is 385. The monoisotopic (exact) mass is 283 g/mol. The van der Waals surface area contributed by atoms with Crippen molar-refractivity contribution in [2.45, 2.75) is 26.2 Å². The average molecular weight is 283 g/mol. The fraction of sp³-hybridized carbons (Fsp3) is 0.625. The van der Waals surface area contributed by atoms with Crippen LogP contribution in [0.1, 0.15) is 25.3 Å². The van der Waals surface area contributed by atoms with Crippen molar-refractivity contribution in [2.75, 3.05) is 33.9 Å². The zero-order valence-corrected chi connectivity index (χ0v) is 12.7. The summed E-state index contributed by atoms with van der Waals surface area (Å²) >= 11 is 0. The molecule has 20 heavy (non-hydrogen) atoms. The van der Waals surface area contributed by atoms with E-state index in [9.17, 15) is 4.39 Å². The van der Waals surface area contributed by atoms with Gasteiger partial charge in [-0.25, -0.2) is 4.39 Å². The van der Waals surface area contributed by atoms with Gasteiger partial charge in [-0.1, -0.05) is 13.0 Å². The van der Waals surface area contributed by atoms with Crippen molar-refractivity contribution in [1.29, 1.82) is 0 Å². The minimum absolute atomic E-state index is 0.279. The summed E-state index contributed by atoms with van der Waals surface area (Å²) in [6.07, 6.45) is 3.10. The van der Waals surface area contributed by atoms with Crippen molar-refractivity contribution < 1.29 is 13.9 Å². The topological polar surface area (TPSA) is 30.5 Å². The van der Waals surface area contributed by atoms with Gasteiger partial charge in [0.15, 0.2) is 11.6 Å². The van der Waals surface area contributed by atoms with E-state index in [1.807, 2.05) is 6.07 Å². The lowest BCUT2D eigenvalue weighted by Gasteiger charge is -2.12. The molecule has 0 aliphatic rings. The maximum atomic E-state index is 13.5. The van der Waals surface area contributed by atoms with Crippen molar-refractivity contribution in [3.05, 3.63) is 29.6 Å². The molecule has 0 aliphatic heterocycles. The molecule has 1 N–H and O–H groups in total. The SMILES string of the molecule is COCCNCCC(C)CCc1ccc(OC)c(F)c1. The van der Waals surface area contributed by atoms with Gasteiger partial charge >= 0.3 is 0 Å². The molecule has 0 saturated heterocycles. The molecule has 1 aromatic rings. The minimum atomic E-state index is -0.279. The van der Waals surface area contributed by atoms with Crippen LogP contribution < -0.4 is 10.1 Å². The van der Waals surface area contributed by atoms with Gasteiger partial charge < -0.3 is 14.8 Å². The van der Waals surface area contributed by atoms with Crippen LogP contribution in [0.15, 0.2) is 18.2 Å². The molecule has 0 aliphatic carbocycles. The molecule has 0 radical (unpaired) electrons. The highest BCUT2D eigenvalue weighted by atomic mass is 19.1. The number of ether oxygens (including phenoxy) is 2. The van der Waals surface area contributed by atoms with Gasteiger partial charge in [0, 0.05) is 13.7 Å². The van der Waals surface area contributed by atoms with Gasteiger partial charge in [0.25, 0.3) is 0 Å². The molecule has 0 bridgehead atoms. The number of aryl methyl sites for hydroxylation is 1. The lowest BCUT2D eigenvalue weighted by molar-refractivity contribution is 0.199. The Morgan fingerprint density at radius 2 is 2.00 bits per heavy atom. The van der Waals surface area contributed by atoms with Crippen LogP contribution in [0.25, 0.3) is 0 Å². The third kappa shape index (κ3) is 6.35. The standard InChI is InChI=1S/C16H26FNO2/c1-13(8-9-18-10-11-19-2)4-5-14-6-7-16(20-3)15(17)12-14/h6-7,12-13,18H,4-5,8-11H2,1-3H3. The van der Waals surface area contributed by atoms with E-state index < -0.39 is 0 Å². The Morgan fingerprint density at radius 3 is 2.65 bits per heavy atom. The first-order valence-electron chi connectivity index (χ1n) is 7.19. The molecule has 0 heterocycles. The molecule has 1 atom stereocenters. The molecule has 0 spiro atoms. The lowest BCUT2D eigenvalue weighted by Crippen LogP contribution is -2.21. The molecule has 0 aromatic heterocycles. The minimum Gasteiger partial charge on any atom is -0.494 e. The average Bonchev–Trinajstić information content (AvgIpc) is 2.45. The first kappa shape index (κ1) is 16.9. The molecule has 3 nitrogen and oxygen atoms in total. The van der Waals surface area contributed by atoms with Crippen LogP contribution >= 0.6 is 0 Å². The van der Waals surface area contributed by atoms with E-state index in [2.05, 4.69) is 12.2 Å². The number of hydrogen-bond donors (Lipinski definition) is 1. The smallest absolute Gasteiger partial charge is 0.165 e. The van der Waals surface area contributed by atoms with Crippen LogP contribution in [0.2, 0.25) is 0 Å². The van der Waals surface area contributed by atoms with Gasteiger partial charge in [-0.3, -0.25) is 0 Å². The molecule has 1 aromatic carbocycles. The second-order valence-electron chi connectivity index (χ2n) is 5.14. The third-order valence-corrected chi connectivity index (χ3v) is 3.44. The first-order valence-corrected chi connectivity index (χ1v) is 7.19. The lowest BCUT2D eigenvalue weighted by atomic mass is 9.98. The Kier molecular flexibility index (Phi) is 8.23. The summed E-state index contributed by atoms with van der Waals surface area (Å²) in [5, 5.41) is 3.34. The van der Waals surface area contributed by atoms with E-state index in [0.717, 1.165) is 44.5 Å². The number of methoxy groups -OCH3 is 2. The number of benzene rings is 1. The molecule has 1 rings (SSSR count). The summed E-state index contributed by atoms with van der Waals surface area (Å²) in [4.78, 5) is 0. The summed E-state index contributed by atoms with van der Waals surface area (Å²) < 4.78 is 23.4. The molecule has 0 fully saturated rings. The summed E-state index contributed by atoms with van der Waals surface area (Å²) in [5.41, 5.74) is 1.03. The molecule has 1 unspecified atom stereocenters. The maximum Gasteiger partial charge on any atom is 0.165 e. The van der Waals surface area contributed by atoms with Crippen LogP contribution in [0.4, 0.5) is 4.39 Å². The van der Waals surface area contributed by atoms with Gasteiger partial charge in [0.1, 0.15) is 0 Å². The predicted octanol–water partition coefficient (Wildman–Crippen LogP) is 3.03.